The van der Waals surface area contributed by atoms with E-state index in [1.54, 1.807) is 0 Å². The van der Waals surface area contributed by atoms with Gasteiger partial charge in [0.05, 0.1) is 0 Å². The highest BCUT2D eigenvalue weighted by Gasteiger charge is 2.08. The zero-order chi connectivity index (χ0) is 13.7. The maximum Gasteiger partial charge on any atom is 0.122 e. The van der Waals surface area contributed by atoms with Gasteiger partial charge in [0.15, 0.2) is 0 Å². The Morgan fingerprint density at radius 2 is 1.63 bits per heavy atom. The number of benzene rings is 2. The van der Waals surface area contributed by atoms with E-state index in [1.807, 2.05) is 50.2 Å². The van der Waals surface area contributed by atoms with Crippen LogP contribution >= 0.6 is 0 Å². The van der Waals surface area contributed by atoms with E-state index < -0.39 is 0 Å². The quantitative estimate of drug-likeness (QED) is 0.592. The molecular weight excluding hydrogens is 234 g/mol. The summed E-state index contributed by atoms with van der Waals surface area (Å²) in [6, 6.07) is 18.4. The maximum atomic E-state index is 5.44. The third-order valence-corrected chi connectivity index (χ3v) is 2.69. The van der Waals surface area contributed by atoms with E-state index in [0.29, 0.717) is 0 Å². The van der Waals surface area contributed by atoms with Gasteiger partial charge in [0.2, 0.25) is 0 Å². The fourth-order valence-corrected chi connectivity index (χ4v) is 1.82. The van der Waals surface area contributed by atoms with Crippen LogP contribution in [0.25, 0.3) is 0 Å². The molecule has 19 heavy (non-hydrogen) atoms. The van der Waals surface area contributed by atoms with Gasteiger partial charge in [-0.15, -0.1) is 0 Å². The van der Waals surface area contributed by atoms with Gasteiger partial charge in [-0.2, -0.15) is 0 Å². The smallest absolute Gasteiger partial charge is 0.122 e. The fourth-order valence-electron chi connectivity index (χ4n) is 1.82. The van der Waals surface area contributed by atoms with Gasteiger partial charge in [0.1, 0.15) is 11.8 Å². The van der Waals surface area contributed by atoms with Crippen LogP contribution in [0.4, 0.5) is 0 Å². The molecule has 0 saturated carbocycles. The van der Waals surface area contributed by atoms with Crippen LogP contribution in [0.1, 0.15) is 30.5 Å². The van der Waals surface area contributed by atoms with Gasteiger partial charge < -0.3 is 4.84 Å². The molecule has 2 heteroatoms. The summed E-state index contributed by atoms with van der Waals surface area (Å²) in [7, 11) is 0. The molecule has 0 aliphatic rings. The SMILES string of the molecule is Cc1cccc(/C(=N/OC(C)C)c2ccccc2)c1. The van der Waals surface area contributed by atoms with Crippen LogP contribution in [0.2, 0.25) is 0 Å². The van der Waals surface area contributed by atoms with Gasteiger partial charge in [-0.3, -0.25) is 0 Å². The number of oxime groups is 1. The molecule has 2 aromatic rings. The molecule has 0 aliphatic heterocycles. The Labute approximate surface area is 114 Å². The van der Waals surface area contributed by atoms with Crippen LogP contribution in [0.3, 0.4) is 0 Å². The molecule has 0 bridgehead atoms. The second kappa shape index (κ2) is 6.19. The molecule has 0 atom stereocenters. The largest absolute Gasteiger partial charge is 0.393 e. The first-order valence-corrected chi connectivity index (χ1v) is 6.53. The van der Waals surface area contributed by atoms with Crippen LogP contribution < -0.4 is 0 Å². The summed E-state index contributed by atoms with van der Waals surface area (Å²) in [5.74, 6) is 0. The van der Waals surface area contributed by atoms with E-state index in [9.17, 15) is 0 Å². The van der Waals surface area contributed by atoms with E-state index in [1.165, 1.54) is 5.56 Å². The highest BCUT2D eigenvalue weighted by Crippen LogP contribution is 2.13. The third kappa shape index (κ3) is 3.68. The summed E-state index contributed by atoms with van der Waals surface area (Å²) in [6.07, 6.45) is 0.0727. The zero-order valence-electron chi connectivity index (χ0n) is 11.6. The van der Waals surface area contributed by atoms with Crippen molar-refractivity contribution >= 4 is 5.71 Å². The number of aryl methyl sites for hydroxylation is 1. The maximum absolute atomic E-state index is 5.44. The lowest BCUT2D eigenvalue weighted by Gasteiger charge is -2.09. The summed E-state index contributed by atoms with van der Waals surface area (Å²) >= 11 is 0. The summed E-state index contributed by atoms with van der Waals surface area (Å²) in [4.78, 5) is 5.44. The van der Waals surface area contributed by atoms with Crippen molar-refractivity contribution in [2.75, 3.05) is 0 Å². The fraction of sp³-hybridized carbons (Fsp3) is 0.235. The summed E-state index contributed by atoms with van der Waals surface area (Å²) in [5.41, 5.74) is 4.23. The average molecular weight is 253 g/mol. The Bertz CT molecular complexity index is 558. The van der Waals surface area contributed by atoms with Crippen LogP contribution in [0.15, 0.2) is 59.8 Å². The van der Waals surface area contributed by atoms with E-state index in [0.717, 1.165) is 16.8 Å². The highest BCUT2D eigenvalue weighted by molar-refractivity contribution is 6.12. The van der Waals surface area contributed by atoms with Crippen molar-refractivity contribution in [2.24, 2.45) is 5.16 Å². The molecule has 0 radical (unpaired) electrons. The molecule has 0 heterocycles. The molecule has 0 saturated heterocycles. The number of rotatable bonds is 4. The number of hydrogen-bond acceptors (Lipinski definition) is 2. The van der Waals surface area contributed by atoms with Gasteiger partial charge in [-0.05, 0) is 26.8 Å². The van der Waals surface area contributed by atoms with Crippen LogP contribution in [-0.4, -0.2) is 11.8 Å². The second-order valence-electron chi connectivity index (χ2n) is 4.83. The minimum absolute atomic E-state index is 0.0727. The van der Waals surface area contributed by atoms with Crippen molar-refractivity contribution in [3.63, 3.8) is 0 Å². The minimum atomic E-state index is 0.0727. The molecule has 0 amide bonds. The second-order valence-corrected chi connectivity index (χ2v) is 4.83. The normalized spacial score (nSPS) is 11.7. The average Bonchev–Trinajstić information content (AvgIpc) is 2.40. The topological polar surface area (TPSA) is 21.6 Å². The Kier molecular flexibility index (Phi) is 4.35. The van der Waals surface area contributed by atoms with Crippen LogP contribution in [0.5, 0.6) is 0 Å². The summed E-state index contributed by atoms with van der Waals surface area (Å²) < 4.78 is 0. The lowest BCUT2D eigenvalue weighted by Crippen LogP contribution is -2.07. The van der Waals surface area contributed by atoms with E-state index in [2.05, 4.69) is 30.3 Å². The van der Waals surface area contributed by atoms with Gasteiger partial charge in [0.25, 0.3) is 0 Å². The lowest BCUT2D eigenvalue weighted by molar-refractivity contribution is 0.0863. The van der Waals surface area contributed by atoms with Crippen LogP contribution in [-0.2, 0) is 4.84 Å². The van der Waals surface area contributed by atoms with Crippen molar-refractivity contribution in [3.05, 3.63) is 71.3 Å². The standard InChI is InChI=1S/C17H19NO/c1-13(2)19-18-17(15-9-5-4-6-10-15)16-11-7-8-14(3)12-16/h4-13H,1-3H3/b18-17+. The van der Waals surface area contributed by atoms with E-state index in [-0.39, 0.29) is 6.10 Å². The lowest BCUT2D eigenvalue weighted by atomic mass is 10.0. The molecule has 2 aromatic carbocycles. The van der Waals surface area contributed by atoms with E-state index >= 15 is 0 Å². The number of hydrogen-bond donors (Lipinski definition) is 0. The van der Waals surface area contributed by atoms with Crippen molar-refractivity contribution in [3.8, 4) is 0 Å². The van der Waals surface area contributed by atoms with Crippen LogP contribution in [0, 0.1) is 6.92 Å². The highest BCUT2D eigenvalue weighted by atomic mass is 16.6. The summed E-state index contributed by atoms with van der Waals surface area (Å²) in [5, 5.41) is 4.32. The Balaban J connectivity index is 2.43. The molecule has 0 spiro atoms. The first-order valence-electron chi connectivity index (χ1n) is 6.53. The van der Waals surface area contributed by atoms with E-state index in [4.69, 9.17) is 4.84 Å². The molecular formula is C17H19NO. The summed E-state index contributed by atoms with van der Waals surface area (Å²) in [6.45, 7) is 6.03. The molecule has 0 aromatic heterocycles. The minimum Gasteiger partial charge on any atom is -0.393 e. The Hall–Kier alpha value is -2.09. The monoisotopic (exact) mass is 253 g/mol. The third-order valence-electron chi connectivity index (χ3n) is 2.69. The van der Waals surface area contributed by atoms with Gasteiger partial charge in [0, 0.05) is 11.1 Å². The van der Waals surface area contributed by atoms with Gasteiger partial charge in [-0.25, -0.2) is 0 Å². The van der Waals surface area contributed by atoms with Crippen molar-refractivity contribution in [1.29, 1.82) is 0 Å². The molecule has 0 unspecified atom stereocenters. The molecule has 2 rings (SSSR count). The Morgan fingerprint density at radius 3 is 2.26 bits per heavy atom. The first kappa shape index (κ1) is 13.3. The number of nitrogens with zero attached hydrogens (tertiary/aromatic N) is 1. The van der Waals surface area contributed by atoms with Gasteiger partial charge >= 0.3 is 0 Å². The Morgan fingerprint density at radius 1 is 0.947 bits per heavy atom. The molecule has 0 fully saturated rings. The molecule has 0 N–H and O–H groups in total. The zero-order valence-corrected chi connectivity index (χ0v) is 11.6. The van der Waals surface area contributed by atoms with Crippen molar-refractivity contribution in [2.45, 2.75) is 26.9 Å². The molecule has 2 nitrogen and oxygen atoms in total. The first-order chi connectivity index (χ1) is 9.16. The van der Waals surface area contributed by atoms with Gasteiger partial charge in [-0.1, -0.05) is 59.3 Å². The van der Waals surface area contributed by atoms with Crippen molar-refractivity contribution < 1.29 is 4.84 Å². The van der Waals surface area contributed by atoms with Crippen molar-refractivity contribution in [1.82, 2.24) is 0 Å². The predicted octanol–water partition coefficient (Wildman–Crippen LogP) is 4.17. The molecule has 98 valence electrons. The molecule has 0 aliphatic carbocycles. The predicted molar refractivity (Wildman–Crippen MR) is 79.5 cm³/mol.